The van der Waals surface area contributed by atoms with E-state index in [1.54, 1.807) is 13.0 Å². The van der Waals surface area contributed by atoms with Crippen LogP contribution in [0.4, 0.5) is 18.9 Å². The molecule has 0 spiro atoms. The normalized spacial score (nSPS) is 15.1. The van der Waals surface area contributed by atoms with Crippen LogP contribution in [0.15, 0.2) is 18.2 Å². The Hall–Kier alpha value is -1.27. The Kier molecular flexibility index (Phi) is 3.92. The van der Waals surface area contributed by atoms with Gasteiger partial charge in [0.05, 0.1) is 0 Å². The number of benzene rings is 1. The number of nitrogens with one attached hydrogen (secondary N) is 1. The summed E-state index contributed by atoms with van der Waals surface area (Å²) in [7, 11) is 0. The minimum absolute atomic E-state index is 0.163. The van der Waals surface area contributed by atoms with Gasteiger partial charge in [-0.3, -0.25) is 4.79 Å². The van der Waals surface area contributed by atoms with Crippen LogP contribution in [0.3, 0.4) is 0 Å². The Bertz CT molecular complexity index is 472. The third-order valence-electron chi connectivity index (χ3n) is 2.49. The topological polar surface area (TPSA) is 55.1 Å². The lowest BCUT2D eigenvalue weighted by Gasteiger charge is -2.26. The van der Waals surface area contributed by atoms with Crippen LogP contribution >= 0.6 is 11.6 Å². The van der Waals surface area contributed by atoms with Crippen molar-refractivity contribution in [3.8, 4) is 0 Å². The zero-order valence-corrected chi connectivity index (χ0v) is 10.5. The molecule has 1 atom stereocenters. The van der Waals surface area contributed by atoms with E-state index in [0.717, 1.165) is 5.56 Å². The van der Waals surface area contributed by atoms with Crippen LogP contribution in [-0.2, 0) is 4.79 Å². The Morgan fingerprint density at radius 1 is 1.39 bits per heavy atom. The summed E-state index contributed by atoms with van der Waals surface area (Å²) in [5.74, 6) is -1.34. The predicted molar refractivity (Wildman–Crippen MR) is 63.5 cm³/mol. The molecule has 1 rings (SSSR count). The molecule has 18 heavy (non-hydrogen) atoms. The zero-order valence-electron chi connectivity index (χ0n) is 9.73. The first-order valence-electron chi connectivity index (χ1n) is 4.99. The van der Waals surface area contributed by atoms with Gasteiger partial charge >= 0.3 is 6.18 Å². The van der Waals surface area contributed by atoms with Crippen molar-refractivity contribution < 1.29 is 18.0 Å². The first-order chi connectivity index (χ1) is 8.05. The van der Waals surface area contributed by atoms with Crippen LogP contribution in [0, 0.1) is 6.92 Å². The van der Waals surface area contributed by atoms with Gasteiger partial charge in [-0.1, -0.05) is 17.7 Å². The van der Waals surface area contributed by atoms with E-state index in [1.807, 2.05) is 0 Å². The van der Waals surface area contributed by atoms with E-state index in [9.17, 15) is 18.0 Å². The van der Waals surface area contributed by atoms with E-state index in [1.165, 1.54) is 12.1 Å². The number of rotatable bonds is 2. The number of halogens is 4. The van der Waals surface area contributed by atoms with Crippen LogP contribution in [0.5, 0.6) is 0 Å². The Morgan fingerprint density at radius 2 is 1.94 bits per heavy atom. The second kappa shape index (κ2) is 4.78. The Labute approximate surface area is 107 Å². The minimum Gasteiger partial charge on any atom is -0.324 e. The molecular formula is C11H12ClF3N2O. The van der Waals surface area contributed by atoms with Crippen molar-refractivity contribution in [2.45, 2.75) is 25.6 Å². The van der Waals surface area contributed by atoms with Gasteiger partial charge < -0.3 is 11.1 Å². The number of alkyl halides is 3. The van der Waals surface area contributed by atoms with Gasteiger partial charge in [-0.2, -0.15) is 13.2 Å². The summed E-state index contributed by atoms with van der Waals surface area (Å²) >= 11 is 5.80. The second-order valence-corrected chi connectivity index (χ2v) is 4.53. The summed E-state index contributed by atoms with van der Waals surface area (Å²) in [6.07, 6.45) is -4.83. The predicted octanol–water partition coefficient (Wildman–Crippen LogP) is 2.87. The quantitative estimate of drug-likeness (QED) is 0.875. The largest absolute Gasteiger partial charge is 0.415 e. The van der Waals surface area contributed by atoms with Crippen LogP contribution in [0.25, 0.3) is 0 Å². The van der Waals surface area contributed by atoms with Crippen LogP contribution < -0.4 is 11.1 Å². The molecule has 0 bridgehead atoms. The molecule has 1 amide bonds. The summed E-state index contributed by atoms with van der Waals surface area (Å²) in [5.41, 5.74) is 2.94. The van der Waals surface area contributed by atoms with Crippen molar-refractivity contribution in [1.29, 1.82) is 0 Å². The molecule has 0 aliphatic carbocycles. The van der Waals surface area contributed by atoms with Gasteiger partial charge in [-0.25, -0.2) is 0 Å². The van der Waals surface area contributed by atoms with Crippen molar-refractivity contribution in [2.75, 3.05) is 5.32 Å². The van der Waals surface area contributed by atoms with Crippen LogP contribution in [0.2, 0.25) is 5.02 Å². The molecule has 0 aromatic heterocycles. The Balaban J connectivity index is 2.91. The second-order valence-electron chi connectivity index (χ2n) is 4.12. The molecule has 0 heterocycles. The molecule has 0 radical (unpaired) electrons. The van der Waals surface area contributed by atoms with Crippen molar-refractivity contribution >= 4 is 23.2 Å². The highest BCUT2D eigenvalue weighted by atomic mass is 35.5. The molecule has 1 unspecified atom stereocenters. The number of hydrogen-bond acceptors (Lipinski definition) is 2. The Morgan fingerprint density at radius 3 is 2.39 bits per heavy atom. The standard InChI is InChI=1S/C11H12ClF3N2O/c1-6-3-4-7(5-8(6)12)17-9(18)10(2,16)11(13,14)15/h3-5H,16H2,1-2H3,(H,17,18). The third kappa shape index (κ3) is 2.94. The highest BCUT2D eigenvalue weighted by Gasteiger charge is 2.53. The molecule has 0 saturated heterocycles. The number of anilines is 1. The highest BCUT2D eigenvalue weighted by Crippen LogP contribution is 2.29. The number of amides is 1. The third-order valence-corrected chi connectivity index (χ3v) is 2.90. The smallest absolute Gasteiger partial charge is 0.324 e. The molecule has 0 aliphatic rings. The monoisotopic (exact) mass is 280 g/mol. The fraction of sp³-hybridized carbons (Fsp3) is 0.364. The molecule has 3 N–H and O–H groups in total. The number of carbonyl (C=O) groups excluding carboxylic acids is 1. The molecule has 0 fully saturated rings. The lowest BCUT2D eigenvalue weighted by atomic mass is 10.0. The van der Waals surface area contributed by atoms with Crippen LogP contribution in [0.1, 0.15) is 12.5 Å². The fourth-order valence-electron chi connectivity index (χ4n) is 1.06. The highest BCUT2D eigenvalue weighted by molar-refractivity contribution is 6.31. The molecular weight excluding hydrogens is 269 g/mol. The average Bonchev–Trinajstić information content (AvgIpc) is 2.21. The zero-order chi connectivity index (χ0) is 14.1. The first-order valence-corrected chi connectivity index (χ1v) is 5.36. The summed E-state index contributed by atoms with van der Waals surface area (Å²) in [6.45, 7) is 2.34. The molecule has 3 nitrogen and oxygen atoms in total. The van der Waals surface area contributed by atoms with Gasteiger partial charge in [-0.05, 0) is 31.5 Å². The number of aryl methyl sites for hydroxylation is 1. The summed E-state index contributed by atoms with van der Waals surface area (Å²) < 4.78 is 37.6. The van der Waals surface area contributed by atoms with E-state index in [4.69, 9.17) is 17.3 Å². The lowest BCUT2D eigenvalue weighted by molar-refractivity contribution is -0.184. The molecule has 7 heteroatoms. The number of nitrogens with two attached hydrogens (primary N) is 1. The average molecular weight is 281 g/mol. The van der Waals surface area contributed by atoms with Crippen LogP contribution in [-0.4, -0.2) is 17.6 Å². The van der Waals surface area contributed by atoms with Gasteiger partial charge in [0.1, 0.15) is 0 Å². The SMILES string of the molecule is Cc1ccc(NC(=O)C(C)(N)C(F)(F)F)cc1Cl. The fourth-order valence-corrected chi connectivity index (χ4v) is 1.24. The van der Waals surface area contributed by atoms with E-state index in [0.29, 0.717) is 11.9 Å². The van der Waals surface area contributed by atoms with E-state index >= 15 is 0 Å². The van der Waals surface area contributed by atoms with E-state index < -0.39 is 17.6 Å². The molecule has 0 saturated carbocycles. The van der Waals surface area contributed by atoms with Gasteiger partial charge in [0, 0.05) is 10.7 Å². The van der Waals surface area contributed by atoms with Crippen molar-refractivity contribution in [3.63, 3.8) is 0 Å². The van der Waals surface area contributed by atoms with Gasteiger partial charge in [0.25, 0.3) is 5.91 Å². The molecule has 1 aromatic rings. The molecule has 0 aliphatic heterocycles. The van der Waals surface area contributed by atoms with Crippen molar-refractivity contribution in [2.24, 2.45) is 5.73 Å². The first kappa shape index (κ1) is 14.8. The van der Waals surface area contributed by atoms with Gasteiger partial charge in [0.15, 0.2) is 5.54 Å². The summed E-state index contributed by atoms with van der Waals surface area (Å²) in [6, 6.07) is 4.40. The van der Waals surface area contributed by atoms with Crippen molar-refractivity contribution in [3.05, 3.63) is 28.8 Å². The van der Waals surface area contributed by atoms with Crippen molar-refractivity contribution in [1.82, 2.24) is 0 Å². The maximum absolute atomic E-state index is 12.5. The minimum atomic E-state index is -4.83. The van der Waals surface area contributed by atoms with E-state index in [-0.39, 0.29) is 5.69 Å². The maximum Gasteiger partial charge on any atom is 0.415 e. The summed E-state index contributed by atoms with van der Waals surface area (Å²) in [5, 5.41) is 2.43. The number of hydrogen-bond donors (Lipinski definition) is 2. The molecule has 100 valence electrons. The van der Waals surface area contributed by atoms with Gasteiger partial charge in [-0.15, -0.1) is 0 Å². The maximum atomic E-state index is 12.5. The lowest BCUT2D eigenvalue weighted by Crippen LogP contribution is -2.59. The molecule has 1 aromatic carbocycles. The van der Waals surface area contributed by atoms with Gasteiger partial charge in [0.2, 0.25) is 0 Å². The summed E-state index contributed by atoms with van der Waals surface area (Å²) in [4.78, 5) is 11.5. The number of carbonyl (C=O) groups is 1. The van der Waals surface area contributed by atoms with E-state index in [2.05, 4.69) is 5.32 Å².